The molecule has 0 saturated carbocycles. The van der Waals surface area contributed by atoms with Crippen LogP contribution in [0.4, 0.5) is 0 Å². The van der Waals surface area contributed by atoms with Gasteiger partial charge in [0.05, 0.1) is 0 Å². The zero-order valence-electron chi connectivity index (χ0n) is 13.7. The first-order chi connectivity index (χ1) is 10.8. The molecule has 22 heavy (non-hydrogen) atoms. The van der Waals surface area contributed by atoms with Gasteiger partial charge in [-0.1, -0.05) is 69.4 Å². The lowest BCUT2D eigenvalue weighted by Crippen LogP contribution is -1.89. The zero-order chi connectivity index (χ0) is 15.6. The SMILES string of the molecule is [CH2]c1ccccc1Oc1ccc(CCCCCCCC)cc1. The first kappa shape index (κ1) is 16.6. The summed E-state index contributed by atoms with van der Waals surface area (Å²) >= 11 is 0. The molecule has 0 aliphatic rings. The Balaban J connectivity index is 1.77. The van der Waals surface area contributed by atoms with Crippen LogP contribution >= 0.6 is 0 Å². The van der Waals surface area contributed by atoms with Crippen molar-refractivity contribution >= 4 is 0 Å². The Morgan fingerprint density at radius 2 is 1.50 bits per heavy atom. The van der Waals surface area contributed by atoms with Gasteiger partial charge in [-0.15, -0.1) is 0 Å². The third-order valence-corrected chi connectivity index (χ3v) is 3.94. The molecule has 0 aromatic heterocycles. The zero-order valence-corrected chi connectivity index (χ0v) is 13.7. The summed E-state index contributed by atoms with van der Waals surface area (Å²) in [5.41, 5.74) is 2.31. The normalized spacial score (nSPS) is 10.6. The molecule has 0 atom stereocenters. The van der Waals surface area contributed by atoms with E-state index in [1.807, 2.05) is 24.3 Å². The molecular formula is C21H27O. The molecular weight excluding hydrogens is 268 g/mol. The highest BCUT2D eigenvalue weighted by Crippen LogP contribution is 2.25. The predicted molar refractivity (Wildman–Crippen MR) is 94.5 cm³/mol. The first-order valence-electron chi connectivity index (χ1n) is 8.47. The topological polar surface area (TPSA) is 9.23 Å². The highest BCUT2D eigenvalue weighted by molar-refractivity contribution is 5.39. The smallest absolute Gasteiger partial charge is 0.130 e. The lowest BCUT2D eigenvalue weighted by Gasteiger charge is -2.09. The van der Waals surface area contributed by atoms with Crippen molar-refractivity contribution in [1.29, 1.82) is 0 Å². The molecule has 0 amide bonds. The van der Waals surface area contributed by atoms with Crippen molar-refractivity contribution in [3.8, 4) is 11.5 Å². The first-order valence-corrected chi connectivity index (χ1v) is 8.47. The van der Waals surface area contributed by atoms with Crippen LogP contribution in [-0.2, 0) is 6.42 Å². The van der Waals surface area contributed by atoms with Crippen LogP contribution in [0.15, 0.2) is 48.5 Å². The molecule has 0 aliphatic heterocycles. The van der Waals surface area contributed by atoms with Crippen LogP contribution in [0.3, 0.4) is 0 Å². The second kappa shape index (κ2) is 9.30. The van der Waals surface area contributed by atoms with Crippen molar-refractivity contribution in [1.82, 2.24) is 0 Å². The summed E-state index contributed by atoms with van der Waals surface area (Å²) in [7, 11) is 0. The van der Waals surface area contributed by atoms with Crippen molar-refractivity contribution in [3.05, 3.63) is 66.6 Å². The molecule has 1 nitrogen and oxygen atoms in total. The van der Waals surface area contributed by atoms with Gasteiger partial charge < -0.3 is 4.74 Å². The molecule has 0 heterocycles. The van der Waals surface area contributed by atoms with Crippen molar-refractivity contribution in [2.75, 3.05) is 0 Å². The Kier molecular flexibility index (Phi) is 7.02. The molecule has 2 rings (SSSR count). The van der Waals surface area contributed by atoms with Gasteiger partial charge in [0.1, 0.15) is 11.5 Å². The number of benzene rings is 2. The van der Waals surface area contributed by atoms with E-state index in [9.17, 15) is 0 Å². The highest BCUT2D eigenvalue weighted by Gasteiger charge is 2.01. The monoisotopic (exact) mass is 295 g/mol. The van der Waals surface area contributed by atoms with E-state index in [0.29, 0.717) is 0 Å². The van der Waals surface area contributed by atoms with E-state index in [2.05, 4.69) is 38.1 Å². The van der Waals surface area contributed by atoms with Gasteiger partial charge >= 0.3 is 0 Å². The van der Waals surface area contributed by atoms with E-state index in [1.54, 1.807) is 0 Å². The van der Waals surface area contributed by atoms with Crippen LogP contribution in [0.5, 0.6) is 11.5 Å². The molecule has 0 bridgehead atoms. The van der Waals surface area contributed by atoms with Crippen molar-refractivity contribution in [2.24, 2.45) is 0 Å². The van der Waals surface area contributed by atoms with Crippen LogP contribution in [0.25, 0.3) is 0 Å². The van der Waals surface area contributed by atoms with Crippen LogP contribution in [0, 0.1) is 6.92 Å². The minimum Gasteiger partial charge on any atom is -0.457 e. The number of aryl methyl sites for hydroxylation is 1. The van der Waals surface area contributed by atoms with E-state index in [1.165, 1.54) is 50.5 Å². The maximum Gasteiger partial charge on any atom is 0.130 e. The standard InChI is InChI=1S/C21H27O/c1-3-4-5-6-7-8-12-19-14-16-20(17-15-19)22-21-13-10-9-11-18(21)2/h9-11,13-17H,2-8,12H2,1H3. The molecule has 1 radical (unpaired) electrons. The highest BCUT2D eigenvalue weighted by atomic mass is 16.5. The summed E-state index contributed by atoms with van der Waals surface area (Å²) in [6, 6.07) is 16.3. The molecule has 2 aromatic carbocycles. The summed E-state index contributed by atoms with van der Waals surface area (Å²) in [5, 5.41) is 0. The van der Waals surface area contributed by atoms with Crippen molar-refractivity contribution in [2.45, 2.75) is 51.9 Å². The fourth-order valence-electron chi connectivity index (χ4n) is 2.56. The number of rotatable bonds is 9. The lowest BCUT2D eigenvalue weighted by molar-refractivity contribution is 0.480. The largest absolute Gasteiger partial charge is 0.457 e. The van der Waals surface area contributed by atoms with Gasteiger partial charge in [-0.3, -0.25) is 0 Å². The Labute approximate surface area is 135 Å². The Morgan fingerprint density at radius 1 is 0.818 bits per heavy atom. The number of para-hydroxylation sites is 1. The Morgan fingerprint density at radius 3 is 2.23 bits per heavy atom. The number of hydrogen-bond donors (Lipinski definition) is 0. The lowest BCUT2D eigenvalue weighted by atomic mass is 10.0. The van der Waals surface area contributed by atoms with Gasteiger partial charge in [0.15, 0.2) is 0 Å². The van der Waals surface area contributed by atoms with E-state index >= 15 is 0 Å². The second-order valence-electron chi connectivity index (χ2n) is 5.87. The van der Waals surface area contributed by atoms with Gasteiger partial charge in [0.2, 0.25) is 0 Å². The Bertz CT molecular complexity index is 542. The van der Waals surface area contributed by atoms with E-state index in [-0.39, 0.29) is 0 Å². The molecule has 0 saturated heterocycles. The quantitative estimate of drug-likeness (QED) is 0.476. The summed E-state index contributed by atoms with van der Waals surface area (Å²) in [6.45, 7) is 6.24. The minimum absolute atomic E-state index is 0.825. The predicted octanol–water partition coefficient (Wildman–Crippen LogP) is 6.56. The number of unbranched alkanes of at least 4 members (excludes halogenated alkanes) is 5. The third kappa shape index (κ3) is 5.55. The summed E-state index contributed by atoms with van der Waals surface area (Å²) < 4.78 is 5.87. The average Bonchev–Trinajstić information content (AvgIpc) is 2.54. The van der Waals surface area contributed by atoms with E-state index in [0.717, 1.165) is 17.1 Å². The molecule has 0 fully saturated rings. The molecule has 0 aliphatic carbocycles. The summed E-state index contributed by atoms with van der Waals surface area (Å²) in [6.07, 6.45) is 9.23. The summed E-state index contributed by atoms with van der Waals surface area (Å²) in [4.78, 5) is 0. The fourth-order valence-corrected chi connectivity index (χ4v) is 2.56. The van der Waals surface area contributed by atoms with Gasteiger partial charge in [0, 0.05) is 0 Å². The van der Waals surface area contributed by atoms with Gasteiger partial charge in [-0.25, -0.2) is 0 Å². The van der Waals surface area contributed by atoms with Crippen LogP contribution in [-0.4, -0.2) is 0 Å². The molecule has 0 N–H and O–H groups in total. The maximum atomic E-state index is 5.87. The molecule has 1 heteroatoms. The Hall–Kier alpha value is -1.76. The number of hydrogen-bond acceptors (Lipinski definition) is 1. The molecule has 0 unspecified atom stereocenters. The van der Waals surface area contributed by atoms with Crippen molar-refractivity contribution < 1.29 is 4.74 Å². The van der Waals surface area contributed by atoms with Gasteiger partial charge in [-0.2, -0.15) is 0 Å². The summed E-state index contributed by atoms with van der Waals surface area (Å²) in [5.74, 6) is 1.70. The van der Waals surface area contributed by atoms with E-state index in [4.69, 9.17) is 4.74 Å². The third-order valence-electron chi connectivity index (χ3n) is 3.94. The average molecular weight is 295 g/mol. The minimum atomic E-state index is 0.825. The van der Waals surface area contributed by atoms with Gasteiger partial charge in [-0.05, 0) is 49.1 Å². The van der Waals surface area contributed by atoms with Crippen LogP contribution in [0.2, 0.25) is 0 Å². The van der Waals surface area contributed by atoms with Crippen LogP contribution in [0.1, 0.15) is 56.6 Å². The van der Waals surface area contributed by atoms with Gasteiger partial charge in [0.25, 0.3) is 0 Å². The molecule has 117 valence electrons. The van der Waals surface area contributed by atoms with Crippen molar-refractivity contribution in [3.63, 3.8) is 0 Å². The molecule has 0 spiro atoms. The number of ether oxygens (including phenoxy) is 1. The fraction of sp³-hybridized carbons (Fsp3) is 0.381. The molecule has 2 aromatic rings. The van der Waals surface area contributed by atoms with Crippen LogP contribution < -0.4 is 4.74 Å². The van der Waals surface area contributed by atoms with E-state index < -0.39 is 0 Å². The maximum absolute atomic E-state index is 5.87. The second-order valence-corrected chi connectivity index (χ2v) is 5.87.